The third-order valence-electron chi connectivity index (χ3n) is 2.64. The van der Waals surface area contributed by atoms with E-state index in [1.165, 1.54) is 11.8 Å². The summed E-state index contributed by atoms with van der Waals surface area (Å²) in [6.07, 6.45) is 4.01. The number of halogens is 1. The summed E-state index contributed by atoms with van der Waals surface area (Å²) in [6, 6.07) is 9.22. The average molecular weight is 246 g/mol. The van der Waals surface area contributed by atoms with Gasteiger partial charge in [-0.15, -0.1) is 0 Å². The quantitative estimate of drug-likeness (QED) is 0.775. The van der Waals surface area contributed by atoms with E-state index in [2.05, 4.69) is 11.9 Å². The second kappa shape index (κ2) is 5.11. The molecule has 0 aliphatic rings. The van der Waals surface area contributed by atoms with Crippen LogP contribution in [0.3, 0.4) is 0 Å². The molecule has 0 amide bonds. The molecule has 0 radical (unpaired) electrons. The summed E-state index contributed by atoms with van der Waals surface area (Å²) in [5.41, 5.74) is 2.35. The number of hydrogen-bond acceptors (Lipinski definition) is 2. The Morgan fingerprint density at radius 3 is 2.53 bits per heavy atom. The number of hydrogen-bond donors (Lipinski definition) is 0. The molecule has 1 heterocycles. The Morgan fingerprint density at radius 1 is 1.24 bits per heavy atom. The molecule has 86 valence electrons. The molecule has 0 aliphatic heterocycles. The van der Waals surface area contributed by atoms with E-state index in [1.54, 1.807) is 12.3 Å². The van der Waals surface area contributed by atoms with Crippen LogP contribution in [-0.2, 0) is 6.42 Å². The Bertz CT molecular complexity index is 534. The molecule has 0 N–H and O–H groups in total. The minimum atomic E-state index is -0.0694. The number of carbonyl (C=O) groups is 1. The molecule has 2 aromatic rings. The molecule has 2 nitrogen and oxygen atoms in total. The van der Waals surface area contributed by atoms with Gasteiger partial charge < -0.3 is 0 Å². The van der Waals surface area contributed by atoms with E-state index in [-0.39, 0.29) is 5.78 Å². The Labute approximate surface area is 105 Å². The van der Waals surface area contributed by atoms with Crippen molar-refractivity contribution >= 4 is 17.4 Å². The summed E-state index contributed by atoms with van der Waals surface area (Å²) in [5.74, 6) is -0.0694. The summed E-state index contributed by atoms with van der Waals surface area (Å²) >= 11 is 5.94. The minimum Gasteiger partial charge on any atom is -0.289 e. The standard InChI is InChI=1S/C14H12ClNO/c1-2-10-3-5-11(6-4-10)14(17)12-7-8-16-9-13(12)15/h3-9H,2H2,1H3. The molecule has 0 spiro atoms. The molecular formula is C14H12ClNO. The normalized spacial score (nSPS) is 10.2. The summed E-state index contributed by atoms with van der Waals surface area (Å²) in [5, 5.41) is 0.386. The lowest BCUT2D eigenvalue weighted by Crippen LogP contribution is -2.02. The topological polar surface area (TPSA) is 30.0 Å². The fourth-order valence-electron chi connectivity index (χ4n) is 1.61. The van der Waals surface area contributed by atoms with Gasteiger partial charge in [0.15, 0.2) is 5.78 Å². The zero-order valence-electron chi connectivity index (χ0n) is 9.48. The van der Waals surface area contributed by atoms with Crippen molar-refractivity contribution in [2.24, 2.45) is 0 Å². The largest absolute Gasteiger partial charge is 0.289 e. The number of benzene rings is 1. The van der Waals surface area contributed by atoms with E-state index in [1.807, 2.05) is 24.3 Å². The first-order valence-electron chi connectivity index (χ1n) is 5.45. The van der Waals surface area contributed by atoms with Crippen molar-refractivity contribution in [3.8, 4) is 0 Å². The van der Waals surface area contributed by atoms with Crippen LogP contribution in [0.15, 0.2) is 42.7 Å². The average Bonchev–Trinajstić information content (AvgIpc) is 2.39. The van der Waals surface area contributed by atoms with Gasteiger partial charge >= 0.3 is 0 Å². The molecule has 3 heteroatoms. The highest BCUT2D eigenvalue weighted by Crippen LogP contribution is 2.18. The Hall–Kier alpha value is -1.67. The van der Waals surface area contributed by atoms with Gasteiger partial charge in [-0.3, -0.25) is 9.78 Å². The summed E-state index contributed by atoms with van der Waals surface area (Å²) in [4.78, 5) is 16.0. The van der Waals surface area contributed by atoms with Crippen molar-refractivity contribution in [2.45, 2.75) is 13.3 Å². The van der Waals surface area contributed by atoms with Crippen molar-refractivity contribution in [3.63, 3.8) is 0 Å². The SMILES string of the molecule is CCc1ccc(C(=O)c2ccncc2Cl)cc1. The third-order valence-corrected chi connectivity index (χ3v) is 2.94. The number of pyridine rings is 1. The Morgan fingerprint density at radius 2 is 1.94 bits per heavy atom. The van der Waals surface area contributed by atoms with Gasteiger partial charge in [0.2, 0.25) is 0 Å². The number of ketones is 1. The third kappa shape index (κ3) is 2.53. The van der Waals surface area contributed by atoms with Crippen LogP contribution in [0.4, 0.5) is 0 Å². The summed E-state index contributed by atoms with van der Waals surface area (Å²) in [6.45, 7) is 2.08. The number of nitrogens with zero attached hydrogens (tertiary/aromatic N) is 1. The van der Waals surface area contributed by atoms with Crippen LogP contribution in [0.2, 0.25) is 5.02 Å². The summed E-state index contributed by atoms with van der Waals surface area (Å²) in [7, 11) is 0. The number of carbonyl (C=O) groups excluding carboxylic acids is 1. The minimum absolute atomic E-state index is 0.0694. The van der Waals surface area contributed by atoms with Crippen LogP contribution >= 0.6 is 11.6 Å². The second-order valence-corrected chi connectivity index (χ2v) is 4.14. The van der Waals surface area contributed by atoms with Crippen molar-refractivity contribution in [2.75, 3.05) is 0 Å². The van der Waals surface area contributed by atoms with E-state index >= 15 is 0 Å². The van der Waals surface area contributed by atoms with Gasteiger partial charge in [0.1, 0.15) is 0 Å². The first kappa shape index (κ1) is 11.8. The van der Waals surface area contributed by atoms with Gasteiger partial charge in [0.25, 0.3) is 0 Å². The van der Waals surface area contributed by atoms with Crippen molar-refractivity contribution in [1.82, 2.24) is 4.98 Å². The van der Waals surface area contributed by atoms with Gasteiger partial charge in [-0.25, -0.2) is 0 Å². The van der Waals surface area contributed by atoms with Crippen LogP contribution in [0, 0.1) is 0 Å². The predicted molar refractivity (Wildman–Crippen MR) is 68.5 cm³/mol. The maximum Gasteiger partial charge on any atom is 0.194 e. The lowest BCUT2D eigenvalue weighted by Gasteiger charge is -2.03. The molecule has 1 aromatic heterocycles. The smallest absolute Gasteiger partial charge is 0.194 e. The van der Waals surface area contributed by atoms with Gasteiger partial charge in [-0.05, 0) is 18.1 Å². The van der Waals surface area contributed by atoms with Gasteiger partial charge in [0.05, 0.1) is 5.02 Å². The fraction of sp³-hybridized carbons (Fsp3) is 0.143. The zero-order valence-corrected chi connectivity index (χ0v) is 10.2. The molecular weight excluding hydrogens is 234 g/mol. The van der Waals surface area contributed by atoms with Gasteiger partial charge in [-0.2, -0.15) is 0 Å². The maximum atomic E-state index is 12.2. The fourth-order valence-corrected chi connectivity index (χ4v) is 1.81. The molecule has 0 fully saturated rings. The number of rotatable bonds is 3. The first-order chi connectivity index (χ1) is 8.22. The molecule has 2 rings (SSSR count). The van der Waals surface area contributed by atoms with E-state index in [0.717, 1.165) is 6.42 Å². The highest BCUT2D eigenvalue weighted by atomic mass is 35.5. The molecule has 0 saturated carbocycles. The van der Waals surface area contributed by atoms with Gasteiger partial charge in [-0.1, -0.05) is 42.8 Å². The van der Waals surface area contributed by atoms with E-state index < -0.39 is 0 Å². The molecule has 0 atom stereocenters. The molecule has 0 unspecified atom stereocenters. The Kier molecular flexibility index (Phi) is 3.55. The molecule has 0 bridgehead atoms. The van der Waals surface area contributed by atoms with Crippen molar-refractivity contribution < 1.29 is 4.79 Å². The van der Waals surface area contributed by atoms with Crippen LogP contribution in [0.1, 0.15) is 28.4 Å². The van der Waals surface area contributed by atoms with Crippen LogP contribution in [0.25, 0.3) is 0 Å². The van der Waals surface area contributed by atoms with E-state index in [9.17, 15) is 4.79 Å². The lowest BCUT2D eigenvalue weighted by atomic mass is 10.0. The second-order valence-electron chi connectivity index (χ2n) is 3.74. The van der Waals surface area contributed by atoms with Gasteiger partial charge in [0, 0.05) is 23.5 Å². The zero-order chi connectivity index (χ0) is 12.3. The molecule has 17 heavy (non-hydrogen) atoms. The molecule has 0 saturated heterocycles. The monoisotopic (exact) mass is 245 g/mol. The number of aromatic nitrogens is 1. The summed E-state index contributed by atoms with van der Waals surface area (Å²) < 4.78 is 0. The molecule has 1 aromatic carbocycles. The first-order valence-corrected chi connectivity index (χ1v) is 5.83. The highest BCUT2D eigenvalue weighted by Gasteiger charge is 2.12. The van der Waals surface area contributed by atoms with E-state index in [4.69, 9.17) is 11.6 Å². The predicted octanol–water partition coefficient (Wildman–Crippen LogP) is 3.53. The van der Waals surface area contributed by atoms with E-state index in [0.29, 0.717) is 16.1 Å². The van der Waals surface area contributed by atoms with Crippen molar-refractivity contribution in [1.29, 1.82) is 0 Å². The maximum absolute atomic E-state index is 12.2. The highest BCUT2D eigenvalue weighted by molar-refractivity contribution is 6.34. The number of aryl methyl sites for hydroxylation is 1. The Balaban J connectivity index is 2.34. The van der Waals surface area contributed by atoms with Crippen molar-refractivity contribution in [3.05, 3.63) is 64.4 Å². The van der Waals surface area contributed by atoms with Crippen LogP contribution in [-0.4, -0.2) is 10.8 Å². The molecule has 0 aliphatic carbocycles. The van der Waals surface area contributed by atoms with Crippen LogP contribution in [0.5, 0.6) is 0 Å². The lowest BCUT2D eigenvalue weighted by molar-refractivity contribution is 0.103. The van der Waals surface area contributed by atoms with Crippen LogP contribution < -0.4 is 0 Å².